The van der Waals surface area contributed by atoms with Gasteiger partial charge in [-0.2, -0.15) is 8.42 Å². The van der Waals surface area contributed by atoms with E-state index in [0.29, 0.717) is 0 Å². The van der Waals surface area contributed by atoms with Crippen molar-refractivity contribution in [2.45, 2.75) is 6.42 Å². The first-order chi connectivity index (χ1) is 5.87. The summed E-state index contributed by atoms with van der Waals surface area (Å²) in [6.45, 7) is 6.39. The van der Waals surface area contributed by atoms with Gasteiger partial charge in [-0.25, -0.2) is 4.79 Å². The first-order valence-electron chi connectivity index (χ1n) is 3.32. The molecule has 0 aromatic rings. The Morgan fingerprint density at radius 3 is 2.08 bits per heavy atom. The number of carbonyl (C=O) groups is 1. The van der Waals surface area contributed by atoms with E-state index in [4.69, 9.17) is 4.55 Å². The van der Waals surface area contributed by atoms with Crippen molar-refractivity contribution in [2.75, 3.05) is 12.9 Å². The van der Waals surface area contributed by atoms with Crippen molar-refractivity contribution in [2.24, 2.45) is 0 Å². The zero-order valence-electron chi connectivity index (χ0n) is 7.39. The Morgan fingerprint density at radius 2 is 2.08 bits per heavy atom. The molecule has 0 atom stereocenters. The maximum Gasteiger partial charge on any atom is 0.329 e. The summed E-state index contributed by atoms with van der Waals surface area (Å²) in [6.07, 6.45) is 1.33. The van der Waals surface area contributed by atoms with Crippen LogP contribution in [-0.2, 0) is 19.6 Å². The maximum atomic E-state index is 9.84. The van der Waals surface area contributed by atoms with Gasteiger partial charge in [-0.05, 0) is 6.42 Å². The lowest BCUT2D eigenvalue weighted by molar-refractivity contribution is -0.134. The second-order valence-corrected chi connectivity index (χ2v) is 3.44. The van der Waals surface area contributed by atoms with E-state index in [0.717, 1.165) is 6.08 Å². The normalized spacial score (nSPS) is 9.46. The lowest BCUT2D eigenvalue weighted by atomic mass is 10.6. The molecule has 0 bridgehead atoms. The van der Waals surface area contributed by atoms with Crippen LogP contribution >= 0.6 is 0 Å². The Hall–Kier alpha value is -0.880. The van der Waals surface area contributed by atoms with Gasteiger partial charge in [0.15, 0.2) is 0 Å². The van der Waals surface area contributed by atoms with E-state index < -0.39 is 16.1 Å². The van der Waals surface area contributed by atoms with Gasteiger partial charge in [0, 0.05) is 6.08 Å². The summed E-state index contributed by atoms with van der Waals surface area (Å²) < 4.78 is 31.6. The van der Waals surface area contributed by atoms with Gasteiger partial charge in [-0.3, -0.25) is 4.55 Å². The highest BCUT2D eigenvalue weighted by molar-refractivity contribution is 7.85. The molecule has 0 saturated heterocycles. The van der Waals surface area contributed by atoms with Crippen LogP contribution in [0, 0.1) is 6.92 Å². The third kappa shape index (κ3) is 18.2. The number of carbonyl (C=O) groups excluding carboxylic acids is 1. The highest BCUT2D eigenvalue weighted by Crippen LogP contribution is 1.83. The van der Waals surface area contributed by atoms with Gasteiger partial charge in [0.2, 0.25) is 0 Å². The number of hydrogen-bond donors (Lipinski definition) is 1. The van der Waals surface area contributed by atoms with Crippen LogP contribution in [0.5, 0.6) is 0 Å². The predicted molar refractivity (Wildman–Crippen MR) is 48.6 cm³/mol. The van der Waals surface area contributed by atoms with Crippen molar-refractivity contribution in [1.82, 2.24) is 0 Å². The second kappa shape index (κ2) is 7.75. The van der Waals surface area contributed by atoms with Gasteiger partial charge in [-0.1, -0.05) is 13.5 Å². The van der Waals surface area contributed by atoms with Crippen LogP contribution in [0.2, 0.25) is 0 Å². The number of ether oxygens (including phenoxy) is 1. The number of methoxy groups -OCH3 is 1. The van der Waals surface area contributed by atoms with E-state index in [9.17, 15) is 13.2 Å². The van der Waals surface area contributed by atoms with Crippen molar-refractivity contribution in [3.63, 3.8) is 0 Å². The Kier molecular flexibility index (Phi) is 8.73. The van der Waals surface area contributed by atoms with Gasteiger partial charge in [0.05, 0.1) is 12.9 Å². The lowest BCUT2D eigenvalue weighted by Crippen LogP contribution is -2.01. The average Bonchev–Trinajstić information content (AvgIpc) is 2.02. The van der Waals surface area contributed by atoms with Crippen LogP contribution in [0.25, 0.3) is 0 Å². The maximum absolute atomic E-state index is 9.84. The van der Waals surface area contributed by atoms with Gasteiger partial charge >= 0.3 is 5.97 Å². The Morgan fingerprint density at radius 1 is 1.62 bits per heavy atom. The number of esters is 1. The third-order valence-corrected chi connectivity index (χ3v) is 1.57. The molecule has 0 rings (SSSR count). The molecule has 6 heteroatoms. The molecule has 0 aliphatic carbocycles. The predicted octanol–water partition coefficient (Wildman–Crippen LogP) is 0.444. The third-order valence-electron chi connectivity index (χ3n) is 0.770. The standard InChI is InChI=1S/C4H6O2.C3H7O3S/c1-3-4(5)6-2;1-2-3-7(4,5)6/h3H,1H2,2H3;1-3H2,(H,4,5,6). The molecule has 0 unspecified atom stereocenters. The van der Waals surface area contributed by atoms with Gasteiger partial charge in [0.1, 0.15) is 0 Å². The summed E-state index contributed by atoms with van der Waals surface area (Å²) >= 11 is 0. The van der Waals surface area contributed by atoms with E-state index >= 15 is 0 Å². The topological polar surface area (TPSA) is 80.7 Å². The van der Waals surface area contributed by atoms with Crippen molar-refractivity contribution >= 4 is 16.1 Å². The average molecular weight is 209 g/mol. The largest absolute Gasteiger partial charge is 0.466 e. The van der Waals surface area contributed by atoms with Crippen molar-refractivity contribution in [3.05, 3.63) is 19.6 Å². The lowest BCUT2D eigenvalue weighted by Gasteiger charge is -1.85. The molecule has 0 amide bonds. The molecule has 1 N–H and O–H groups in total. The highest BCUT2D eigenvalue weighted by atomic mass is 32.2. The molecule has 77 valence electrons. The molecule has 0 saturated carbocycles. The van der Waals surface area contributed by atoms with Gasteiger partial charge in [0.25, 0.3) is 10.1 Å². The fourth-order valence-corrected chi connectivity index (χ4v) is 0.631. The molecule has 0 aliphatic heterocycles. The Balaban J connectivity index is 0. The van der Waals surface area contributed by atoms with Crippen LogP contribution in [0.3, 0.4) is 0 Å². The number of rotatable bonds is 3. The van der Waals surface area contributed by atoms with Crippen molar-refractivity contribution in [3.8, 4) is 0 Å². The molecular weight excluding hydrogens is 196 g/mol. The molecule has 0 aromatic carbocycles. The molecule has 13 heavy (non-hydrogen) atoms. The van der Waals surface area contributed by atoms with Crippen LogP contribution in [0.15, 0.2) is 12.7 Å². The molecule has 0 fully saturated rings. The molecule has 0 aliphatic rings. The summed E-state index contributed by atoms with van der Waals surface area (Å²) in [5.74, 6) is -0.637. The SMILES string of the molecule is C=CC(=O)OC.[CH2]CCS(=O)(=O)O. The van der Waals surface area contributed by atoms with Crippen molar-refractivity contribution in [1.29, 1.82) is 0 Å². The van der Waals surface area contributed by atoms with E-state index in [-0.39, 0.29) is 12.2 Å². The van der Waals surface area contributed by atoms with E-state index in [2.05, 4.69) is 18.2 Å². The first kappa shape index (κ1) is 14.6. The second-order valence-electron chi connectivity index (χ2n) is 1.87. The zero-order valence-corrected chi connectivity index (χ0v) is 8.21. The monoisotopic (exact) mass is 209 g/mol. The fourth-order valence-electron chi connectivity index (χ4n) is 0.266. The van der Waals surface area contributed by atoms with Crippen LogP contribution in [0.1, 0.15) is 6.42 Å². The molecule has 5 nitrogen and oxygen atoms in total. The number of hydrogen-bond acceptors (Lipinski definition) is 4. The van der Waals surface area contributed by atoms with E-state index in [1.807, 2.05) is 0 Å². The van der Waals surface area contributed by atoms with Crippen LogP contribution in [-0.4, -0.2) is 31.8 Å². The van der Waals surface area contributed by atoms with Crippen LogP contribution in [0.4, 0.5) is 0 Å². The highest BCUT2D eigenvalue weighted by Gasteiger charge is 1.98. The summed E-state index contributed by atoms with van der Waals surface area (Å²) in [5, 5.41) is 0. The summed E-state index contributed by atoms with van der Waals surface area (Å²) in [4.78, 5) is 9.84. The van der Waals surface area contributed by atoms with E-state index in [1.165, 1.54) is 7.11 Å². The van der Waals surface area contributed by atoms with Crippen molar-refractivity contribution < 1.29 is 22.5 Å². The van der Waals surface area contributed by atoms with Crippen LogP contribution < -0.4 is 0 Å². The molecule has 1 radical (unpaired) electrons. The first-order valence-corrected chi connectivity index (χ1v) is 4.93. The fraction of sp³-hybridized carbons (Fsp3) is 0.429. The smallest absolute Gasteiger partial charge is 0.329 e. The molecule has 0 heterocycles. The summed E-state index contributed by atoms with van der Waals surface area (Å²) in [6, 6.07) is 0. The Labute approximate surface area is 78.1 Å². The molecule has 0 spiro atoms. The molecule has 0 aromatic heterocycles. The minimum absolute atomic E-state index is 0.221. The molecular formula is C7H13O5S. The zero-order chi connectivity index (χ0) is 10.9. The Bertz CT molecular complexity index is 242. The summed E-state index contributed by atoms with van der Waals surface area (Å²) in [5.41, 5.74) is 0. The summed E-state index contributed by atoms with van der Waals surface area (Å²) in [7, 11) is -2.43. The quantitative estimate of drug-likeness (QED) is 0.414. The minimum Gasteiger partial charge on any atom is -0.466 e. The van der Waals surface area contributed by atoms with Gasteiger partial charge in [-0.15, -0.1) is 0 Å². The van der Waals surface area contributed by atoms with Gasteiger partial charge < -0.3 is 4.74 Å². The van der Waals surface area contributed by atoms with E-state index in [1.54, 1.807) is 0 Å². The minimum atomic E-state index is -3.74.